The molecule has 80 valence electrons. The van der Waals surface area contributed by atoms with Gasteiger partial charge in [0.2, 0.25) is 0 Å². The van der Waals surface area contributed by atoms with Crippen LogP contribution in [0.4, 0.5) is 0 Å². The van der Waals surface area contributed by atoms with Crippen molar-refractivity contribution in [3.05, 3.63) is 29.3 Å². The van der Waals surface area contributed by atoms with E-state index in [-0.39, 0.29) is 11.1 Å². The fourth-order valence-electron chi connectivity index (χ4n) is 1.18. The molecule has 0 aliphatic rings. The zero-order valence-electron chi connectivity index (χ0n) is 8.33. The lowest BCUT2D eigenvalue weighted by Crippen LogP contribution is -2.02. The van der Waals surface area contributed by atoms with Crippen molar-refractivity contribution in [1.82, 2.24) is 0 Å². The fourth-order valence-corrected chi connectivity index (χ4v) is 1.50. The van der Waals surface area contributed by atoms with Crippen LogP contribution in [0.2, 0.25) is 0 Å². The first-order valence-electron chi connectivity index (χ1n) is 4.54. The Bertz CT molecular complexity index is 374. The normalized spacial score (nSPS) is 9.73. The first-order valence-corrected chi connectivity index (χ1v) is 5.66. The van der Waals surface area contributed by atoms with Gasteiger partial charge in [-0.05, 0) is 25.1 Å². The molecular weight excluding hydrogens is 260 g/mol. The number of halogens is 1. The van der Waals surface area contributed by atoms with Gasteiger partial charge in [0.25, 0.3) is 0 Å². The Balaban J connectivity index is 3.07. The molecule has 1 aromatic rings. The Morgan fingerprint density at radius 3 is 2.80 bits per heavy atom. The summed E-state index contributed by atoms with van der Waals surface area (Å²) < 4.78 is 5.24. The summed E-state index contributed by atoms with van der Waals surface area (Å²) in [5, 5.41) is 0.249. The van der Waals surface area contributed by atoms with Gasteiger partial charge in [0.15, 0.2) is 12.1 Å². The lowest BCUT2D eigenvalue weighted by atomic mass is 10.1. The number of rotatable bonds is 5. The van der Waals surface area contributed by atoms with E-state index in [9.17, 15) is 9.59 Å². The van der Waals surface area contributed by atoms with Crippen molar-refractivity contribution in [3.63, 3.8) is 0 Å². The average Bonchev–Trinajstić information content (AvgIpc) is 2.29. The molecule has 0 saturated carbocycles. The molecule has 0 spiro atoms. The topological polar surface area (TPSA) is 43.4 Å². The molecule has 0 N–H and O–H groups in total. The van der Waals surface area contributed by atoms with Crippen molar-refractivity contribution in [2.75, 3.05) is 11.9 Å². The van der Waals surface area contributed by atoms with Crippen molar-refractivity contribution in [2.24, 2.45) is 0 Å². The molecule has 0 bridgehead atoms. The summed E-state index contributed by atoms with van der Waals surface area (Å²) in [5.74, 6) is 0.458. The van der Waals surface area contributed by atoms with Crippen LogP contribution in [0.15, 0.2) is 18.2 Å². The third kappa shape index (κ3) is 2.89. The molecular formula is C11H11BrO3. The quantitative estimate of drug-likeness (QED) is 0.469. The molecule has 0 unspecified atom stereocenters. The lowest BCUT2D eigenvalue weighted by Gasteiger charge is -2.06. The Kier molecular flexibility index (Phi) is 4.49. The molecule has 0 amide bonds. The minimum absolute atomic E-state index is 0.0545. The van der Waals surface area contributed by atoms with Crippen LogP contribution in [0.1, 0.15) is 27.6 Å². The maximum atomic E-state index is 11.3. The summed E-state index contributed by atoms with van der Waals surface area (Å²) in [6.07, 6.45) is 0.690. The molecule has 0 fully saturated rings. The molecule has 0 atom stereocenters. The summed E-state index contributed by atoms with van der Waals surface area (Å²) in [4.78, 5) is 22.1. The Morgan fingerprint density at radius 2 is 2.27 bits per heavy atom. The predicted molar refractivity (Wildman–Crippen MR) is 61.1 cm³/mol. The zero-order valence-corrected chi connectivity index (χ0v) is 9.91. The van der Waals surface area contributed by atoms with E-state index >= 15 is 0 Å². The van der Waals surface area contributed by atoms with Gasteiger partial charge in [-0.3, -0.25) is 9.59 Å². The molecule has 15 heavy (non-hydrogen) atoms. The van der Waals surface area contributed by atoms with Gasteiger partial charge in [0.05, 0.1) is 17.5 Å². The second-order valence-electron chi connectivity index (χ2n) is 2.86. The SMILES string of the molecule is CCOc1ccc(C(=O)CBr)cc1C=O. The van der Waals surface area contributed by atoms with Crippen LogP contribution < -0.4 is 4.74 Å². The number of carbonyl (C=O) groups is 2. The minimum atomic E-state index is -0.0545. The highest BCUT2D eigenvalue weighted by Crippen LogP contribution is 2.19. The predicted octanol–water partition coefficient (Wildman–Crippen LogP) is 2.48. The van der Waals surface area contributed by atoms with Crippen molar-refractivity contribution in [2.45, 2.75) is 6.92 Å². The second kappa shape index (κ2) is 5.66. The van der Waals surface area contributed by atoms with E-state index in [1.54, 1.807) is 18.2 Å². The summed E-state index contributed by atoms with van der Waals surface area (Å²) >= 11 is 3.08. The molecule has 4 heteroatoms. The summed E-state index contributed by atoms with van der Waals surface area (Å²) in [6, 6.07) is 4.84. The highest BCUT2D eigenvalue weighted by atomic mass is 79.9. The van der Waals surface area contributed by atoms with Crippen LogP contribution in [0.5, 0.6) is 5.75 Å². The number of hydrogen-bond donors (Lipinski definition) is 0. The van der Waals surface area contributed by atoms with E-state index in [2.05, 4.69) is 15.9 Å². The van der Waals surface area contributed by atoms with E-state index in [0.717, 1.165) is 0 Å². The Hall–Kier alpha value is -1.16. The highest BCUT2D eigenvalue weighted by molar-refractivity contribution is 9.09. The first-order chi connectivity index (χ1) is 7.22. The van der Waals surface area contributed by atoms with Crippen LogP contribution in [-0.4, -0.2) is 24.0 Å². The molecule has 0 saturated heterocycles. The average molecular weight is 271 g/mol. The highest BCUT2D eigenvalue weighted by Gasteiger charge is 2.08. The van der Waals surface area contributed by atoms with Crippen molar-refractivity contribution >= 4 is 28.0 Å². The molecule has 0 aliphatic carbocycles. The number of carbonyl (C=O) groups excluding carboxylic acids is 2. The second-order valence-corrected chi connectivity index (χ2v) is 3.42. The van der Waals surface area contributed by atoms with Gasteiger partial charge in [0, 0.05) is 5.56 Å². The van der Waals surface area contributed by atoms with E-state index in [0.29, 0.717) is 29.8 Å². The van der Waals surface area contributed by atoms with Crippen molar-refractivity contribution in [3.8, 4) is 5.75 Å². The van der Waals surface area contributed by atoms with Gasteiger partial charge in [-0.25, -0.2) is 0 Å². The third-order valence-corrected chi connectivity index (χ3v) is 2.39. The number of ether oxygens (including phenoxy) is 1. The fraction of sp³-hybridized carbons (Fsp3) is 0.273. The smallest absolute Gasteiger partial charge is 0.173 e. The minimum Gasteiger partial charge on any atom is -0.493 e. The standard InChI is InChI=1S/C11H11BrO3/c1-2-15-11-4-3-8(10(14)6-12)5-9(11)7-13/h3-5,7H,2,6H2,1H3. The lowest BCUT2D eigenvalue weighted by molar-refractivity contribution is 0.102. The van der Waals surface area contributed by atoms with Gasteiger partial charge < -0.3 is 4.74 Å². The largest absolute Gasteiger partial charge is 0.493 e. The van der Waals surface area contributed by atoms with Crippen molar-refractivity contribution < 1.29 is 14.3 Å². The number of ketones is 1. The third-order valence-electron chi connectivity index (χ3n) is 1.88. The van der Waals surface area contributed by atoms with Gasteiger partial charge in [-0.2, -0.15) is 0 Å². The molecule has 1 rings (SSSR count). The maximum Gasteiger partial charge on any atom is 0.173 e. The Labute approximate surface area is 96.6 Å². The number of Topliss-reactive ketones (excluding diaryl/α,β-unsaturated/α-hetero) is 1. The number of hydrogen-bond acceptors (Lipinski definition) is 3. The van der Waals surface area contributed by atoms with Gasteiger partial charge >= 0.3 is 0 Å². The van der Waals surface area contributed by atoms with Crippen LogP contribution >= 0.6 is 15.9 Å². The van der Waals surface area contributed by atoms with E-state index in [4.69, 9.17) is 4.74 Å². The monoisotopic (exact) mass is 270 g/mol. The summed E-state index contributed by atoms with van der Waals surface area (Å²) in [6.45, 7) is 2.33. The van der Waals surface area contributed by atoms with Crippen LogP contribution in [-0.2, 0) is 0 Å². The molecule has 0 heterocycles. The van der Waals surface area contributed by atoms with Crippen molar-refractivity contribution in [1.29, 1.82) is 0 Å². The molecule has 3 nitrogen and oxygen atoms in total. The molecule has 0 radical (unpaired) electrons. The van der Waals surface area contributed by atoms with E-state index in [1.165, 1.54) is 0 Å². The molecule has 1 aromatic carbocycles. The molecule has 0 aliphatic heterocycles. The number of benzene rings is 1. The van der Waals surface area contributed by atoms with Gasteiger partial charge in [-0.15, -0.1) is 0 Å². The van der Waals surface area contributed by atoms with Crippen LogP contribution in [0, 0.1) is 0 Å². The summed E-state index contributed by atoms with van der Waals surface area (Å²) in [7, 11) is 0. The van der Waals surface area contributed by atoms with Gasteiger partial charge in [-0.1, -0.05) is 15.9 Å². The maximum absolute atomic E-state index is 11.3. The Morgan fingerprint density at radius 1 is 1.53 bits per heavy atom. The summed E-state index contributed by atoms with van der Waals surface area (Å²) in [5.41, 5.74) is 0.918. The number of aldehydes is 1. The van der Waals surface area contributed by atoms with E-state index < -0.39 is 0 Å². The number of alkyl halides is 1. The van der Waals surface area contributed by atoms with Crippen LogP contribution in [0.3, 0.4) is 0 Å². The zero-order chi connectivity index (χ0) is 11.3. The molecule has 0 aromatic heterocycles. The van der Waals surface area contributed by atoms with Crippen LogP contribution in [0.25, 0.3) is 0 Å². The van der Waals surface area contributed by atoms with E-state index in [1.807, 2.05) is 6.92 Å². The van der Waals surface area contributed by atoms with Gasteiger partial charge in [0.1, 0.15) is 5.75 Å². The first kappa shape index (κ1) is 11.9.